The average molecular weight is 259 g/mol. The molecule has 0 amide bonds. The Bertz CT molecular complexity index is 441. The average Bonchev–Trinajstić information content (AvgIpc) is 2.42. The molecule has 3 unspecified atom stereocenters. The van der Waals surface area contributed by atoms with Gasteiger partial charge in [-0.15, -0.1) is 0 Å². The normalized spacial score (nSPS) is 27.2. The largest absolute Gasteiger partial charge is 0.330 e. The summed E-state index contributed by atoms with van der Waals surface area (Å²) in [7, 11) is 0. The van der Waals surface area contributed by atoms with E-state index in [1.54, 1.807) is 0 Å². The van der Waals surface area contributed by atoms with Gasteiger partial charge in [-0.25, -0.2) is 0 Å². The summed E-state index contributed by atoms with van der Waals surface area (Å²) in [5, 5.41) is 0. The molecule has 104 valence electrons. The van der Waals surface area contributed by atoms with Crippen LogP contribution in [0.4, 0.5) is 0 Å². The summed E-state index contributed by atoms with van der Waals surface area (Å²) in [6, 6.07) is 7.96. The Morgan fingerprint density at radius 2 is 1.95 bits per heavy atom. The van der Waals surface area contributed by atoms with E-state index >= 15 is 0 Å². The smallest absolute Gasteiger partial charge is 0.166 e. The lowest BCUT2D eigenvalue weighted by Gasteiger charge is -2.31. The quantitative estimate of drug-likeness (QED) is 0.842. The molecule has 1 aliphatic carbocycles. The molecular formula is C17H25NO. The van der Waals surface area contributed by atoms with E-state index in [0.717, 1.165) is 36.3 Å². The van der Waals surface area contributed by atoms with Crippen LogP contribution in [0.1, 0.15) is 49.0 Å². The van der Waals surface area contributed by atoms with E-state index in [2.05, 4.69) is 13.8 Å². The highest BCUT2D eigenvalue weighted by molar-refractivity contribution is 5.99. The third-order valence-electron chi connectivity index (χ3n) is 4.67. The van der Waals surface area contributed by atoms with Crippen molar-refractivity contribution in [2.45, 2.75) is 39.5 Å². The van der Waals surface area contributed by atoms with Crippen molar-refractivity contribution in [3.8, 4) is 0 Å². The molecule has 2 nitrogen and oxygen atoms in total. The molecule has 1 aromatic carbocycles. The number of hydrogen-bond donors (Lipinski definition) is 1. The third-order valence-corrected chi connectivity index (χ3v) is 4.67. The summed E-state index contributed by atoms with van der Waals surface area (Å²) >= 11 is 0. The van der Waals surface area contributed by atoms with E-state index in [-0.39, 0.29) is 5.92 Å². The Balaban J connectivity index is 2.15. The van der Waals surface area contributed by atoms with Gasteiger partial charge in [0.1, 0.15) is 0 Å². The molecule has 0 aliphatic heterocycles. The minimum Gasteiger partial charge on any atom is -0.330 e. The zero-order valence-corrected chi connectivity index (χ0v) is 12.1. The van der Waals surface area contributed by atoms with Gasteiger partial charge in [-0.05, 0) is 49.6 Å². The van der Waals surface area contributed by atoms with Crippen LogP contribution in [-0.2, 0) is 6.42 Å². The van der Waals surface area contributed by atoms with Gasteiger partial charge in [-0.3, -0.25) is 4.79 Å². The Kier molecular flexibility index (Phi) is 4.76. The van der Waals surface area contributed by atoms with Gasteiger partial charge in [-0.2, -0.15) is 0 Å². The Labute approximate surface area is 116 Å². The van der Waals surface area contributed by atoms with Crippen molar-refractivity contribution in [3.63, 3.8) is 0 Å². The molecule has 0 bridgehead atoms. The lowest BCUT2D eigenvalue weighted by Crippen LogP contribution is -2.27. The summed E-state index contributed by atoms with van der Waals surface area (Å²) in [5.74, 6) is 1.96. The molecule has 2 heteroatoms. The fourth-order valence-corrected chi connectivity index (χ4v) is 3.14. The second kappa shape index (κ2) is 6.33. The maximum absolute atomic E-state index is 12.7. The number of ketones is 1. The molecule has 0 heterocycles. The zero-order chi connectivity index (χ0) is 13.8. The number of hydrogen-bond acceptors (Lipinski definition) is 2. The van der Waals surface area contributed by atoms with Crippen molar-refractivity contribution in [2.24, 2.45) is 23.5 Å². The topological polar surface area (TPSA) is 43.1 Å². The maximum atomic E-state index is 12.7. The van der Waals surface area contributed by atoms with E-state index in [1.165, 1.54) is 6.42 Å². The fraction of sp³-hybridized carbons (Fsp3) is 0.588. The fourth-order valence-electron chi connectivity index (χ4n) is 3.14. The molecule has 3 atom stereocenters. The van der Waals surface area contributed by atoms with Gasteiger partial charge in [0.25, 0.3) is 0 Å². The molecule has 1 aromatic rings. The van der Waals surface area contributed by atoms with Crippen molar-refractivity contribution in [2.75, 3.05) is 6.54 Å². The Morgan fingerprint density at radius 1 is 1.21 bits per heavy atom. The first-order valence-corrected chi connectivity index (χ1v) is 7.45. The van der Waals surface area contributed by atoms with Gasteiger partial charge in [0.15, 0.2) is 5.78 Å². The predicted octanol–water partition coefficient (Wildman–Crippen LogP) is 3.44. The first-order valence-electron chi connectivity index (χ1n) is 7.45. The van der Waals surface area contributed by atoms with Crippen molar-refractivity contribution < 1.29 is 4.79 Å². The van der Waals surface area contributed by atoms with Crippen LogP contribution in [0.5, 0.6) is 0 Å². The van der Waals surface area contributed by atoms with Gasteiger partial charge in [0.05, 0.1) is 0 Å². The van der Waals surface area contributed by atoms with Crippen molar-refractivity contribution >= 4 is 5.78 Å². The molecule has 2 N–H and O–H groups in total. The number of carbonyl (C=O) groups excluding carboxylic acids is 1. The van der Waals surface area contributed by atoms with Crippen LogP contribution in [0.3, 0.4) is 0 Å². The van der Waals surface area contributed by atoms with E-state index in [9.17, 15) is 4.79 Å². The van der Waals surface area contributed by atoms with Gasteiger partial charge in [0.2, 0.25) is 0 Å². The van der Waals surface area contributed by atoms with Crippen LogP contribution >= 0.6 is 0 Å². The SMILES string of the molecule is CC1CCC(C(=O)c2ccccc2CCN)CC1C. The highest BCUT2D eigenvalue weighted by atomic mass is 16.1. The molecule has 1 aliphatic rings. The summed E-state index contributed by atoms with van der Waals surface area (Å²) in [4.78, 5) is 12.7. The molecular weight excluding hydrogens is 234 g/mol. The van der Waals surface area contributed by atoms with Crippen molar-refractivity contribution in [1.29, 1.82) is 0 Å². The second-order valence-corrected chi connectivity index (χ2v) is 6.02. The summed E-state index contributed by atoms with van der Waals surface area (Å²) in [6.45, 7) is 5.17. The molecule has 2 rings (SSSR count). The zero-order valence-electron chi connectivity index (χ0n) is 12.1. The molecule has 1 fully saturated rings. The van der Waals surface area contributed by atoms with E-state index in [1.807, 2.05) is 24.3 Å². The first-order chi connectivity index (χ1) is 9.13. The van der Waals surface area contributed by atoms with Gasteiger partial charge in [0, 0.05) is 11.5 Å². The van der Waals surface area contributed by atoms with E-state index in [0.29, 0.717) is 18.2 Å². The van der Waals surface area contributed by atoms with Gasteiger partial charge >= 0.3 is 0 Å². The highest BCUT2D eigenvalue weighted by Crippen LogP contribution is 2.35. The lowest BCUT2D eigenvalue weighted by molar-refractivity contribution is 0.0836. The van der Waals surface area contributed by atoms with Gasteiger partial charge < -0.3 is 5.73 Å². The Morgan fingerprint density at radius 3 is 2.63 bits per heavy atom. The van der Waals surface area contributed by atoms with Crippen LogP contribution in [0.25, 0.3) is 0 Å². The maximum Gasteiger partial charge on any atom is 0.166 e. The molecule has 0 aromatic heterocycles. The highest BCUT2D eigenvalue weighted by Gasteiger charge is 2.30. The third kappa shape index (κ3) is 3.24. The van der Waals surface area contributed by atoms with Gasteiger partial charge in [-0.1, -0.05) is 38.1 Å². The number of Topliss-reactive ketones (excluding diaryl/α,β-unsaturated/α-hetero) is 1. The van der Waals surface area contributed by atoms with E-state index < -0.39 is 0 Å². The van der Waals surface area contributed by atoms with Crippen LogP contribution in [0.2, 0.25) is 0 Å². The first kappa shape index (κ1) is 14.3. The summed E-state index contributed by atoms with van der Waals surface area (Å²) < 4.78 is 0. The number of rotatable bonds is 4. The van der Waals surface area contributed by atoms with E-state index in [4.69, 9.17) is 5.73 Å². The number of carbonyl (C=O) groups is 1. The lowest BCUT2D eigenvalue weighted by atomic mass is 9.73. The predicted molar refractivity (Wildman–Crippen MR) is 79.2 cm³/mol. The standard InChI is InChI=1S/C17H25NO/c1-12-7-8-15(11-13(12)2)17(19)16-6-4-3-5-14(16)9-10-18/h3-6,12-13,15H,7-11,18H2,1-2H3. The molecule has 1 saturated carbocycles. The molecule has 0 radical (unpaired) electrons. The number of nitrogens with two attached hydrogens (primary N) is 1. The summed E-state index contributed by atoms with van der Waals surface area (Å²) in [5.41, 5.74) is 7.65. The summed E-state index contributed by atoms with van der Waals surface area (Å²) in [6.07, 6.45) is 4.05. The minimum atomic E-state index is 0.213. The molecule has 0 spiro atoms. The minimum absolute atomic E-state index is 0.213. The molecule has 19 heavy (non-hydrogen) atoms. The van der Waals surface area contributed by atoms with Crippen molar-refractivity contribution in [1.82, 2.24) is 0 Å². The van der Waals surface area contributed by atoms with Crippen LogP contribution in [0.15, 0.2) is 24.3 Å². The second-order valence-electron chi connectivity index (χ2n) is 6.02. The van der Waals surface area contributed by atoms with Crippen LogP contribution in [0, 0.1) is 17.8 Å². The van der Waals surface area contributed by atoms with Crippen LogP contribution in [-0.4, -0.2) is 12.3 Å². The Hall–Kier alpha value is -1.15. The van der Waals surface area contributed by atoms with Crippen LogP contribution < -0.4 is 5.73 Å². The van der Waals surface area contributed by atoms with Crippen molar-refractivity contribution in [3.05, 3.63) is 35.4 Å². The monoisotopic (exact) mass is 259 g/mol. The molecule has 0 saturated heterocycles. The number of benzene rings is 1.